The van der Waals surface area contributed by atoms with Crippen LogP contribution in [0.1, 0.15) is 41.8 Å². The zero-order valence-corrected chi connectivity index (χ0v) is 17.6. The number of halogens is 1. The fraction of sp³-hybridized carbons (Fsp3) is 0.571. The fourth-order valence-corrected chi connectivity index (χ4v) is 3.92. The second-order valence-electron chi connectivity index (χ2n) is 7.80. The van der Waals surface area contributed by atoms with Gasteiger partial charge in [-0.2, -0.15) is 0 Å². The van der Waals surface area contributed by atoms with Gasteiger partial charge in [0.05, 0.1) is 6.61 Å². The van der Waals surface area contributed by atoms with Gasteiger partial charge in [0.2, 0.25) is 0 Å². The van der Waals surface area contributed by atoms with Crippen molar-refractivity contribution in [2.45, 2.75) is 24.9 Å². The average Bonchev–Trinajstić information content (AvgIpc) is 3.05. The van der Waals surface area contributed by atoms with E-state index in [9.17, 15) is 0 Å². The highest BCUT2D eigenvalue weighted by atomic mass is 35.5. The molecule has 0 bridgehead atoms. The number of aromatic nitrogens is 2. The molecule has 1 fully saturated rings. The van der Waals surface area contributed by atoms with Crippen molar-refractivity contribution >= 4 is 11.6 Å². The summed E-state index contributed by atoms with van der Waals surface area (Å²) in [6, 6.07) is 6.24. The molecule has 5 nitrogen and oxygen atoms in total. The van der Waals surface area contributed by atoms with Crippen LogP contribution in [0.5, 0.6) is 0 Å². The SMILES string of the molecule is CN(C)CCOC(c1ccc(Cl)cc1C1CCN(C)CC1)c1nccn1C. The Morgan fingerprint density at radius 1 is 1.26 bits per heavy atom. The van der Waals surface area contributed by atoms with Crippen molar-refractivity contribution in [3.8, 4) is 0 Å². The van der Waals surface area contributed by atoms with Crippen LogP contribution < -0.4 is 0 Å². The number of imidazole rings is 1. The lowest BCUT2D eigenvalue weighted by molar-refractivity contribution is 0.0608. The predicted molar refractivity (Wildman–Crippen MR) is 110 cm³/mol. The second kappa shape index (κ2) is 9.20. The summed E-state index contributed by atoms with van der Waals surface area (Å²) in [6.45, 7) is 3.76. The molecule has 0 aliphatic carbocycles. The van der Waals surface area contributed by atoms with Crippen molar-refractivity contribution in [2.24, 2.45) is 7.05 Å². The number of ether oxygens (including phenoxy) is 1. The quantitative estimate of drug-likeness (QED) is 0.723. The number of rotatable bonds is 7. The summed E-state index contributed by atoms with van der Waals surface area (Å²) >= 11 is 6.39. The van der Waals surface area contributed by atoms with E-state index < -0.39 is 0 Å². The maximum atomic E-state index is 6.39. The Balaban J connectivity index is 1.94. The van der Waals surface area contributed by atoms with E-state index in [1.54, 1.807) is 0 Å². The number of benzene rings is 1. The predicted octanol–water partition coefficient (Wildman–Crippen LogP) is 3.55. The maximum Gasteiger partial charge on any atom is 0.142 e. The summed E-state index contributed by atoms with van der Waals surface area (Å²) in [5.74, 6) is 1.44. The largest absolute Gasteiger partial charge is 0.364 e. The molecule has 1 aliphatic rings. The van der Waals surface area contributed by atoms with Crippen LogP contribution in [0.2, 0.25) is 5.02 Å². The van der Waals surface area contributed by atoms with Gasteiger partial charge in [-0.3, -0.25) is 0 Å². The standard InChI is InChI=1S/C21H31ClN4O/c1-24(2)13-14-27-20(21-23-9-12-26(21)4)18-6-5-17(22)15-19(18)16-7-10-25(3)11-8-16/h5-6,9,12,15-16,20H,7-8,10-11,13-14H2,1-4H3. The molecule has 0 N–H and O–H groups in total. The van der Waals surface area contributed by atoms with Gasteiger partial charge in [-0.25, -0.2) is 4.98 Å². The highest BCUT2D eigenvalue weighted by Gasteiger charge is 2.27. The van der Waals surface area contributed by atoms with Crippen molar-refractivity contribution < 1.29 is 4.74 Å². The number of hydrogen-bond donors (Lipinski definition) is 0. The average molecular weight is 391 g/mol. The van der Waals surface area contributed by atoms with E-state index >= 15 is 0 Å². The number of piperidine rings is 1. The Morgan fingerprint density at radius 3 is 2.63 bits per heavy atom. The van der Waals surface area contributed by atoms with Crippen LogP contribution in [-0.4, -0.2) is 66.7 Å². The highest BCUT2D eigenvalue weighted by Crippen LogP contribution is 2.37. The molecule has 3 rings (SSSR count). The molecule has 0 radical (unpaired) electrons. The molecule has 2 heterocycles. The van der Waals surface area contributed by atoms with Crippen molar-refractivity contribution in [2.75, 3.05) is 47.4 Å². The van der Waals surface area contributed by atoms with Gasteiger partial charge in [-0.15, -0.1) is 0 Å². The van der Waals surface area contributed by atoms with Crippen molar-refractivity contribution in [3.05, 3.63) is 52.6 Å². The Bertz CT molecular complexity index is 738. The first-order valence-electron chi connectivity index (χ1n) is 9.67. The van der Waals surface area contributed by atoms with Crippen LogP contribution in [0.3, 0.4) is 0 Å². The fourth-order valence-electron chi connectivity index (χ4n) is 3.74. The zero-order chi connectivity index (χ0) is 19.4. The molecular weight excluding hydrogens is 360 g/mol. The number of likely N-dealkylation sites (N-methyl/N-ethyl adjacent to an activating group) is 1. The molecule has 27 heavy (non-hydrogen) atoms. The third-order valence-electron chi connectivity index (χ3n) is 5.41. The summed E-state index contributed by atoms with van der Waals surface area (Å²) in [6.07, 6.45) is 5.92. The smallest absolute Gasteiger partial charge is 0.142 e. The third kappa shape index (κ3) is 5.11. The molecule has 0 saturated carbocycles. The van der Waals surface area contributed by atoms with Crippen molar-refractivity contribution in [3.63, 3.8) is 0 Å². The number of nitrogens with zero attached hydrogens (tertiary/aromatic N) is 4. The normalized spacial score (nSPS) is 17.6. The first-order chi connectivity index (χ1) is 13.0. The van der Waals surface area contributed by atoms with E-state index in [0.29, 0.717) is 12.5 Å². The van der Waals surface area contributed by atoms with Gasteiger partial charge in [0, 0.05) is 31.0 Å². The first-order valence-corrected chi connectivity index (χ1v) is 10.0. The number of hydrogen-bond acceptors (Lipinski definition) is 4. The minimum absolute atomic E-state index is 0.183. The van der Waals surface area contributed by atoms with Crippen LogP contribution >= 0.6 is 11.6 Å². The Hall–Kier alpha value is -1.40. The van der Waals surface area contributed by atoms with Gasteiger partial charge in [0.25, 0.3) is 0 Å². The number of likely N-dealkylation sites (tertiary alicyclic amines) is 1. The molecule has 0 spiro atoms. The number of aryl methyl sites for hydroxylation is 1. The monoisotopic (exact) mass is 390 g/mol. The van der Waals surface area contributed by atoms with E-state index in [1.807, 2.05) is 30.1 Å². The lowest BCUT2D eigenvalue weighted by Crippen LogP contribution is -2.30. The Labute approximate surface area is 167 Å². The highest BCUT2D eigenvalue weighted by molar-refractivity contribution is 6.30. The zero-order valence-electron chi connectivity index (χ0n) is 16.9. The van der Waals surface area contributed by atoms with E-state index in [-0.39, 0.29) is 6.10 Å². The van der Waals surface area contributed by atoms with E-state index in [4.69, 9.17) is 16.3 Å². The van der Waals surface area contributed by atoms with Gasteiger partial charge >= 0.3 is 0 Å². The van der Waals surface area contributed by atoms with Gasteiger partial charge in [-0.1, -0.05) is 17.7 Å². The molecule has 1 aromatic carbocycles. The van der Waals surface area contributed by atoms with E-state index in [1.165, 1.54) is 11.1 Å². The van der Waals surface area contributed by atoms with Crippen molar-refractivity contribution in [1.29, 1.82) is 0 Å². The third-order valence-corrected chi connectivity index (χ3v) is 5.64. The Kier molecular flexibility index (Phi) is 6.93. The first kappa shape index (κ1) is 20.3. The molecule has 1 unspecified atom stereocenters. The Morgan fingerprint density at radius 2 is 2.00 bits per heavy atom. The van der Waals surface area contributed by atoms with Crippen molar-refractivity contribution in [1.82, 2.24) is 19.4 Å². The molecule has 1 atom stereocenters. The molecule has 2 aromatic rings. The minimum atomic E-state index is -0.183. The van der Waals surface area contributed by atoms with E-state index in [0.717, 1.165) is 43.3 Å². The lowest BCUT2D eigenvalue weighted by atomic mass is 9.85. The van der Waals surface area contributed by atoms with Crippen LogP contribution in [0.15, 0.2) is 30.6 Å². The lowest BCUT2D eigenvalue weighted by Gasteiger charge is -2.32. The summed E-state index contributed by atoms with van der Waals surface area (Å²) < 4.78 is 8.43. The summed E-state index contributed by atoms with van der Waals surface area (Å²) in [7, 11) is 8.34. The summed E-state index contributed by atoms with van der Waals surface area (Å²) in [5.41, 5.74) is 2.51. The van der Waals surface area contributed by atoms with E-state index in [2.05, 4.69) is 48.1 Å². The summed E-state index contributed by atoms with van der Waals surface area (Å²) in [5, 5.41) is 0.791. The van der Waals surface area contributed by atoms with Gasteiger partial charge in [0.1, 0.15) is 11.9 Å². The maximum absolute atomic E-state index is 6.39. The molecule has 0 amide bonds. The van der Waals surface area contributed by atoms with Crippen LogP contribution in [-0.2, 0) is 11.8 Å². The molecule has 1 aromatic heterocycles. The molecule has 6 heteroatoms. The molecule has 1 aliphatic heterocycles. The summed E-state index contributed by atoms with van der Waals surface area (Å²) in [4.78, 5) is 9.12. The molecule has 1 saturated heterocycles. The van der Waals surface area contributed by atoms with Gasteiger partial charge < -0.3 is 19.1 Å². The minimum Gasteiger partial charge on any atom is -0.364 e. The molecule has 148 valence electrons. The molecular formula is C21H31ClN4O. The van der Waals surface area contributed by atoms with Crippen LogP contribution in [0.4, 0.5) is 0 Å². The van der Waals surface area contributed by atoms with Gasteiger partial charge in [-0.05, 0) is 76.3 Å². The van der Waals surface area contributed by atoms with Gasteiger partial charge in [0.15, 0.2) is 0 Å². The second-order valence-corrected chi connectivity index (χ2v) is 8.24. The van der Waals surface area contributed by atoms with Crippen LogP contribution in [0, 0.1) is 0 Å². The topological polar surface area (TPSA) is 33.5 Å². The van der Waals surface area contributed by atoms with Crippen LogP contribution in [0.25, 0.3) is 0 Å².